The summed E-state index contributed by atoms with van der Waals surface area (Å²) in [5, 5.41) is 4.35. The Morgan fingerprint density at radius 2 is 2.30 bits per heavy atom. The molecule has 1 atom stereocenters. The van der Waals surface area contributed by atoms with E-state index in [1.807, 2.05) is 18.2 Å². The molecule has 4 rings (SSSR count). The van der Waals surface area contributed by atoms with Crippen molar-refractivity contribution in [1.29, 1.82) is 0 Å². The largest absolute Gasteiger partial charge is 0.463 e. The van der Waals surface area contributed by atoms with Gasteiger partial charge in [-0.3, -0.25) is 0 Å². The molecule has 20 heavy (non-hydrogen) atoms. The molecule has 7 nitrogen and oxygen atoms in total. The van der Waals surface area contributed by atoms with Gasteiger partial charge in [0.2, 0.25) is 5.95 Å². The van der Waals surface area contributed by atoms with Gasteiger partial charge < -0.3 is 14.9 Å². The third-order valence-electron chi connectivity index (χ3n) is 3.36. The number of hydrogen-bond donors (Lipinski definition) is 1. The van der Waals surface area contributed by atoms with Crippen molar-refractivity contribution in [2.24, 2.45) is 0 Å². The minimum absolute atomic E-state index is 0.0655. The quantitative estimate of drug-likeness (QED) is 0.764. The van der Waals surface area contributed by atoms with Gasteiger partial charge in [-0.2, -0.15) is 14.6 Å². The maximum Gasteiger partial charge on any atom is 0.225 e. The smallest absolute Gasteiger partial charge is 0.225 e. The number of aromatic nitrogens is 4. The minimum atomic E-state index is -0.0655. The van der Waals surface area contributed by atoms with Crippen molar-refractivity contribution in [1.82, 2.24) is 19.6 Å². The van der Waals surface area contributed by atoms with Crippen LogP contribution in [0.1, 0.15) is 24.8 Å². The summed E-state index contributed by atoms with van der Waals surface area (Å²) in [6.07, 6.45) is 3.49. The number of nitrogens with two attached hydrogens (primary N) is 1. The molecule has 1 saturated heterocycles. The molecular formula is C13H13N5O2. The molecule has 0 aromatic carbocycles. The predicted molar refractivity (Wildman–Crippen MR) is 70.8 cm³/mol. The van der Waals surface area contributed by atoms with Crippen molar-refractivity contribution < 1.29 is 9.15 Å². The third kappa shape index (κ3) is 1.75. The number of hydrogen-bond acceptors (Lipinski definition) is 6. The maximum atomic E-state index is 5.95. The fourth-order valence-corrected chi connectivity index (χ4v) is 2.40. The zero-order valence-electron chi connectivity index (χ0n) is 10.7. The first kappa shape index (κ1) is 11.4. The van der Waals surface area contributed by atoms with Crippen molar-refractivity contribution in [3.8, 4) is 11.5 Å². The summed E-state index contributed by atoms with van der Waals surface area (Å²) >= 11 is 0. The first-order valence-corrected chi connectivity index (χ1v) is 6.50. The Balaban J connectivity index is 1.83. The second kappa shape index (κ2) is 4.31. The second-order valence-electron chi connectivity index (χ2n) is 4.72. The number of anilines is 1. The summed E-state index contributed by atoms with van der Waals surface area (Å²) in [4.78, 5) is 8.78. The molecule has 1 fully saturated rings. The second-order valence-corrected chi connectivity index (χ2v) is 4.72. The summed E-state index contributed by atoms with van der Waals surface area (Å²) in [5.74, 6) is 1.60. The van der Waals surface area contributed by atoms with Crippen molar-refractivity contribution in [3.63, 3.8) is 0 Å². The molecule has 0 aliphatic carbocycles. The van der Waals surface area contributed by atoms with Gasteiger partial charge in [0.05, 0.1) is 6.26 Å². The molecule has 3 aromatic heterocycles. The number of rotatable bonds is 2. The number of nitrogen functional groups attached to an aromatic ring is 1. The van der Waals surface area contributed by atoms with Gasteiger partial charge in [0.25, 0.3) is 0 Å². The van der Waals surface area contributed by atoms with E-state index in [4.69, 9.17) is 14.9 Å². The van der Waals surface area contributed by atoms with E-state index in [1.165, 1.54) is 4.52 Å². The Kier molecular flexibility index (Phi) is 2.46. The first-order chi connectivity index (χ1) is 9.81. The van der Waals surface area contributed by atoms with Gasteiger partial charge >= 0.3 is 0 Å². The zero-order chi connectivity index (χ0) is 13.5. The minimum Gasteiger partial charge on any atom is -0.463 e. The highest BCUT2D eigenvalue weighted by atomic mass is 16.5. The van der Waals surface area contributed by atoms with Gasteiger partial charge in [-0.1, -0.05) is 0 Å². The highest BCUT2D eigenvalue weighted by molar-refractivity contribution is 5.60. The zero-order valence-corrected chi connectivity index (χ0v) is 10.7. The van der Waals surface area contributed by atoms with Gasteiger partial charge in [0.15, 0.2) is 17.2 Å². The highest BCUT2D eigenvalue weighted by Crippen LogP contribution is 2.27. The molecule has 0 bridgehead atoms. The van der Waals surface area contributed by atoms with E-state index in [2.05, 4.69) is 15.1 Å². The van der Waals surface area contributed by atoms with Crippen LogP contribution in [-0.2, 0) is 4.74 Å². The molecule has 3 aromatic rings. The van der Waals surface area contributed by atoms with E-state index >= 15 is 0 Å². The van der Waals surface area contributed by atoms with Gasteiger partial charge in [-0.15, -0.1) is 0 Å². The van der Waals surface area contributed by atoms with Gasteiger partial charge in [0.1, 0.15) is 11.8 Å². The fraction of sp³-hybridized carbons (Fsp3) is 0.308. The molecule has 102 valence electrons. The number of furan rings is 1. The summed E-state index contributed by atoms with van der Waals surface area (Å²) < 4.78 is 12.4. The molecule has 4 heterocycles. The van der Waals surface area contributed by atoms with E-state index in [9.17, 15) is 0 Å². The lowest BCUT2D eigenvalue weighted by Crippen LogP contribution is -2.10. The van der Waals surface area contributed by atoms with E-state index in [-0.39, 0.29) is 6.10 Å². The molecule has 0 radical (unpaired) electrons. The summed E-state index contributed by atoms with van der Waals surface area (Å²) in [7, 11) is 0. The van der Waals surface area contributed by atoms with Crippen LogP contribution in [0, 0.1) is 0 Å². The van der Waals surface area contributed by atoms with Crippen LogP contribution in [0.3, 0.4) is 0 Å². The van der Waals surface area contributed by atoms with Gasteiger partial charge in [-0.25, -0.2) is 4.98 Å². The molecular weight excluding hydrogens is 258 g/mol. The number of ether oxygens (including phenoxy) is 1. The Hall–Kier alpha value is -2.41. The molecule has 0 saturated carbocycles. The Morgan fingerprint density at radius 3 is 3.05 bits per heavy atom. The van der Waals surface area contributed by atoms with Crippen molar-refractivity contribution in [3.05, 3.63) is 30.3 Å². The van der Waals surface area contributed by atoms with Crippen LogP contribution in [0.25, 0.3) is 17.1 Å². The summed E-state index contributed by atoms with van der Waals surface area (Å²) in [5.41, 5.74) is 7.28. The SMILES string of the molecule is Nc1nc([C@@H]2CCCO2)nc2cc(-c3ccco3)nn12. The topological polar surface area (TPSA) is 91.5 Å². The van der Waals surface area contributed by atoms with Crippen LogP contribution in [0.15, 0.2) is 28.9 Å². The monoisotopic (exact) mass is 271 g/mol. The van der Waals surface area contributed by atoms with Gasteiger partial charge in [-0.05, 0) is 25.0 Å². The molecule has 1 aliphatic heterocycles. The third-order valence-corrected chi connectivity index (χ3v) is 3.36. The number of fused-ring (bicyclic) bond motifs is 1. The van der Waals surface area contributed by atoms with Crippen molar-refractivity contribution >= 4 is 11.6 Å². The molecule has 1 aliphatic rings. The molecule has 2 N–H and O–H groups in total. The summed E-state index contributed by atoms with van der Waals surface area (Å²) in [6.45, 7) is 0.746. The highest BCUT2D eigenvalue weighted by Gasteiger charge is 2.22. The predicted octanol–water partition coefficient (Wildman–Crippen LogP) is 1.82. The van der Waals surface area contributed by atoms with Crippen molar-refractivity contribution in [2.45, 2.75) is 18.9 Å². The molecule has 0 spiro atoms. The Bertz CT molecular complexity index is 744. The number of nitrogens with zero attached hydrogens (tertiary/aromatic N) is 4. The average Bonchev–Trinajstić information content (AvgIpc) is 3.19. The lowest BCUT2D eigenvalue weighted by atomic mass is 10.2. The standard InChI is InChI=1S/C13H13N5O2/c14-13-16-12(10-4-2-6-20-10)15-11-7-8(17-18(11)13)9-3-1-5-19-9/h1,3,5,7,10H,2,4,6H2,(H2,14,15,16)/t10-/m0/s1. The van der Waals surface area contributed by atoms with Crippen LogP contribution in [0.4, 0.5) is 5.95 Å². The van der Waals surface area contributed by atoms with E-state index in [0.29, 0.717) is 28.9 Å². The lowest BCUT2D eigenvalue weighted by Gasteiger charge is -2.08. The first-order valence-electron chi connectivity index (χ1n) is 6.50. The normalized spacial score (nSPS) is 18.9. The van der Waals surface area contributed by atoms with Crippen LogP contribution < -0.4 is 5.73 Å². The fourth-order valence-electron chi connectivity index (χ4n) is 2.40. The molecule has 7 heteroatoms. The van der Waals surface area contributed by atoms with Crippen LogP contribution >= 0.6 is 0 Å². The Morgan fingerprint density at radius 1 is 1.35 bits per heavy atom. The van der Waals surface area contributed by atoms with Gasteiger partial charge in [0, 0.05) is 12.7 Å². The Labute approximate surface area is 114 Å². The average molecular weight is 271 g/mol. The van der Waals surface area contributed by atoms with Crippen LogP contribution in [0.2, 0.25) is 0 Å². The van der Waals surface area contributed by atoms with E-state index in [0.717, 1.165) is 19.4 Å². The van der Waals surface area contributed by atoms with Crippen LogP contribution in [0.5, 0.6) is 0 Å². The lowest BCUT2D eigenvalue weighted by molar-refractivity contribution is 0.105. The maximum absolute atomic E-state index is 5.95. The molecule has 0 amide bonds. The molecule has 0 unspecified atom stereocenters. The van der Waals surface area contributed by atoms with E-state index in [1.54, 1.807) is 6.26 Å². The van der Waals surface area contributed by atoms with Crippen LogP contribution in [-0.4, -0.2) is 26.2 Å². The van der Waals surface area contributed by atoms with Crippen molar-refractivity contribution in [2.75, 3.05) is 12.3 Å². The summed E-state index contributed by atoms with van der Waals surface area (Å²) in [6, 6.07) is 5.48. The van der Waals surface area contributed by atoms with E-state index < -0.39 is 0 Å².